The summed E-state index contributed by atoms with van der Waals surface area (Å²) >= 11 is 3.05. The van der Waals surface area contributed by atoms with E-state index in [1.54, 1.807) is 13.0 Å². The summed E-state index contributed by atoms with van der Waals surface area (Å²) in [7, 11) is 0. The Morgan fingerprint density at radius 3 is 2.52 bits per heavy atom. The third-order valence-electron chi connectivity index (χ3n) is 2.42. The van der Waals surface area contributed by atoms with Crippen molar-refractivity contribution in [2.24, 2.45) is 0 Å². The first-order chi connectivity index (χ1) is 9.80. The summed E-state index contributed by atoms with van der Waals surface area (Å²) in [6, 6.07) is 4.05. The first-order valence-corrected chi connectivity index (χ1v) is 6.96. The van der Waals surface area contributed by atoms with Crippen molar-refractivity contribution in [2.75, 3.05) is 6.61 Å². The van der Waals surface area contributed by atoms with Crippen LogP contribution in [0.15, 0.2) is 12.1 Å². The number of rotatable bonds is 5. The number of benzene rings is 1. The lowest BCUT2D eigenvalue weighted by atomic mass is 10.0. The minimum Gasteiger partial charge on any atom is -0.466 e. The van der Waals surface area contributed by atoms with Crippen molar-refractivity contribution in [2.45, 2.75) is 25.0 Å². The maximum Gasteiger partial charge on any atom is 0.573 e. The predicted molar refractivity (Wildman–Crippen MR) is 70.8 cm³/mol. The summed E-state index contributed by atoms with van der Waals surface area (Å²) in [4.78, 5) is 11.4. The number of halogens is 4. The van der Waals surface area contributed by atoms with Crippen LogP contribution in [0.25, 0.3) is 0 Å². The summed E-state index contributed by atoms with van der Waals surface area (Å²) in [5.41, 5.74) is 0.414. The second-order valence-corrected chi connectivity index (χ2v) is 4.45. The Kier molecular flexibility index (Phi) is 6.03. The van der Waals surface area contributed by atoms with E-state index in [2.05, 4.69) is 20.7 Å². The number of carbonyl (C=O) groups excluding carboxylic acids is 1. The van der Waals surface area contributed by atoms with Crippen LogP contribution in [0.2, 0.25) is 0 Å². The molecule has 8 heteroatoms. The van der Waals surface area contributed by atoms with Crippen LogP contribution in [-0.4, -0.2) is 18.9 Å². The molecule has 0 unspecified atom stereocenters. The second-order valence-electron chi connectivity index (χ2n) is 3.89. The molecule has 0 atom stereocenters. The molecule has 114 valence electrons. The summed E-state index contributed by atoms with van der Waals surface area (Å²) in [5, 5.41) is 9.08. The van der Waals surface area contributed by atoms with E-state index >= 15 is 0 Å². The molecule has 1 rings (SSSR count). The van der Waals surface area contributed by atoms with Crippen LogP contribution < -0.4 is 4.74 Å². The van der Waals surface area contributed by atoms with Gasteiger partial charge in [-0.15, -0.1) is 13.2 Å². The van der Waals surface area contributed by atoms with E-state index in [9.17, 15) is 18.0 Å². The minimum atomic E-state index is -4.85. The Hall–Kier alpha value is -1.75. The lowest BCUT2D eigenvalue weighted by Crippen LogP contribution is -2.18. The van der Waals surface area contributed by atoms with E-state index in [0.29, 0.717) is 5.56 Å². The number of carbonyl (C=O) groups is 1. The van der Waals surface area contributed by atoms with Crippen molar-refractivity contribution < 1.29 is 27.4 Å². The average molecular weight is 366 g/mol. The van der Waals surface area contributed by atoms with Gasteiger partial charge in [0.15, 0.2) is 0 Å². The Morgan fingerprint density at radius 2 is 2.05 bits per heavy atom. The molecule has 0 aliphatic rings. The van der Waals surface area contributed by atoms with Crippen molar-refractivity contribution in [3.05, 3.63) is 28.8 Å². The van der Waals surface area contributed by atoms with Gasteiger partial charge < -0.3 is 9.47 Å². The lowest BCUT2D eigenvalue weighted by Gasteiger charge is -2.14. The minimum absolute atomic E-state index is 0.0630. The molecule has 0 N–H and O–H groups in total. The number of nitrogens with zero attached hydrogens (tertiary/aromatic N) is 1. The van der Waals surface area contributed by atoms with E-state index in [1.165, 1.54) is 6.07 Å². The number of hydrogen-bond acceptors (Lipinski definition) is 4. The molecule has 0 heterocycles. The molecule has 0 aliphatic carbocycles. The van der Waals surface area contributed by atoms with Gasteiger partial charge >= 0.3 is 12.3 Å². The first-order valence-electron chi connectivity index (χ1n) is 5.84. The number of ether oxygens (including phenoxy) is 2. The molecule has 0 saturated carbocycles. The molecule has 1 aromatic carbocycles. The van der Waals surface area contributed by atoms with E-state index in [1.807, 2.05) is 0 Å². The Bertz CT molecular complexity index is 567. The normalized spacial score (nSPS) is 10.9. The molecular formula is C13H11BrF3NO3. The zero-order valence-corrected chi connectivity index (χ0v) is 12.5. The number of esters is 1. The molecule has 4 nitrogen and oxygen atoms in total. The van der Waals surface area contributed by atoms with Crippen molar-refractivity contribution in [3.63, 3.8) is 0 Å². The lowest BCUT2D eigenvalue weighted by molar-refractivity contribution is -0.274. The van der Waals surface area contributed by atoms with Crippen molar-refractivity contribution in [1.29, 1.82) is 5.26 Å². The predicted octanol–water partition coefficient (Wildman–Crippen LogP) is 3.46. The summed E-state index contributed by atoms with van der Waals surface area (Å²) in [6.45, 7) is 1.81. The fourth-order valence-electron chi connectivity index (χ4n) is 1.62. The molecule has 1 aromatic rings. The fraction of sp³-hybridized carbons (Fsp3) is 0.385. The van der Waals surface area contributed by atoms with E-state index in [0.717, 1.165) is 6.07 Å². The molecule has 0 saturated heterocycles. The zero-order chi connectivity index (χ0) is 16.0. The van der Waals surface area contributed by atoms with Gasteiger partial charge in [0.1, 0.15) is 5.75 Å². The molecule has 0 radical (unpaired) electrons. The molecule has 0 spiro atoms. The molecule has 0 bridgehead atoms. The van der Waals surface area contributed by atoms with E-state index in [-0.39, 0.29) is 29.5 Å². The third kappa shape index (κ3) is 5.27. The summed E-state index contributed by atoms with van der Waals surface area (Å²) < 4.78 is 45.6. The number of alkyl halides is 4. The fourth-order valence-corrected chi connectivity index (χ4v) is 2.06. The number of nitriles is 1. The van der Waals surface area contributed by atoms with Crippen molar-refractivity contribution in [3.8, 4) is 11.8 Å². The maximum atomic E-state index is 12.3. The average Bonchev–Trinajstić information content (AvgIpc) is 2.38. The Morgan fingerprint density at radius 1 is 1.38 bits per heavy atom. The highest BCUT2D eigenvalue weighted by atomic mass is 79.9. The highest BCUT2D eigenvalue weighted by Crippen LogP contribution is 2.31. The van der Waals surface area contributed by atoms with E-state index < -0.39 is 18.1 Å². The Labute approximate surface area is 127 Å². The molecular weight excluding hydrogens is 355 g/mol. The van der Waals surface area contributed by atoms with Gasteiger partial charge in [0.05, 0.1) is 24.7 Å². The molecule has 0 aliphatic heterocycles. The van der Waals surface area contributed by atoms with Gasteiger partial charge in [0, 0.05) is 10.9 Å². The van der Waals surface area contributed by atoms with Crippen LogP contribution in [0.5, 0.6) is 5.75 Å². The van der Waals surface area contributed by atoms with Gasteiger partial charge in [0.25, 0.3) is 0 Å². The monoisotopic (exact) mass is 365 g/mol. The van der Waals surface area contributed by atoms with Crippen LogP contribution in [0.4, 0.5) is 13.2 Å². The first kappa shape index (κ1) is 17.3. The Balaban J connectivity index is 3.17. The topological polar surface area (TPSA) is 59.3 Å². The quantitative estimate of drug-likeness (QED) is 0.592. The van der Waals surface area contributed by atoms with Crippen LogP contribution >= 0.6 is 15.9 Å². The van der Waals surface area contributed by atoms with E-state index in [4.69, 9.17) is 10.00 Å². The van der Waals surface area contributed by atoms with Crippen LogP contribution in [0.1, 0.15) is 23.6 Å². The SMILES string of the molecule is CCOC(=O)Cc1cc(CBr)c(OC(F)(F)F)cc1C#N. The highest BCUT2D eigenvalue weighted by molar-refractivity contribution is 9.08. The largest absolute Gasteiger partial charge is 0.573 e. The van der Waals surface area contributed by atoms with Gasteiger partial charge in [-0.25, -0.2) is 0 Å². The summed E-state index contributed by atoms with van der Waals surface area (Å²) in [5.74, 6) is -1.03. The van der Waals surface area contributed by atoms with Crippen molar-refractivity contribution in [1.82, 2.24) is 0 Å². The van der Waals surface area contributed by atoms with Gasteiger partial charge in [-0.2, -0.15) is 5.26 Å². The maximum absolute atomic E-state index is 12.3. The third-order valence-corrected chi connectivity index (χ3v) is 3.02. The van der Waals surface area contributed by atoms with Gasteiger partial charge in [0.2, 0.25) is 0 Å². The highest BCUT2D eigenvalue weighted by Gasteiger charge is 2.32. The molecule has 0 fully saturated rings. The second kappa shape index (κ2) is 7.31. The molecule has 0 aromatic heterocycles. The smallest absolute Gasteiger partial charge is 0.466 e. The standard InChI is InChI=1S/C13H11BrF3NO3/c1-2-20-12(19)5-8-3-9(6-14)11(4-10(8)7-18)21-13(15,16)17/h3-4H,2,5-6H2,1H3. The molecule has 0 amide bonds. The molecule has 21 heavy (non-hydrogen) atoms. The van der Waals surface area contributed by atoms with Gasteiger partial charge in [-0.3, -0.25) is 4.79 Å². The zero-order valence-electron chi connectivity index (χ0n) is 11.0. The van der Waals surface area contributed by atoms with Crippen LogP contribution in [-0.2, 0) is 21.3 Å². The van der Waals surface area contributed by atoms with Gasteiger partial charge in [-0.05, 0) is 24.6 Å². The summed E-state index contributed by atoms with van der Waals surface area (Å²) in [6.07, 6.45) is -5.05. The van der Waals surface area contributed by atoms with Crippen LogP contribution in [0, 0.1) is 11.3 Å². The van der Waals surface area contributed by atoms with Gasteiger partial charge in [-0.1, -0.05) is 15.9 Å². The number of hydrogen-bond donors (Lipinski definition) is 0. The van der Waals surface area contributed by atoms with Crippen molar-refractivity contribution >= 4 is 21.9 Å². The van der Waals surface area contributed by atoms with Crippen LogP contribution in [0.3, 0.4) is 0 Å².